The lowest BCUT2D eigenvalue weighted by Crippen LogP contribution is -2.40. The van der Waals surface area contributed by atoms with Gasteiger partial charge in [-0.3, -0.25) is 0 Å². The van der Waals surface area contributed by atoms with Crippen LogP contribution >= 0.6 is 0 Å². The van der Waals surface area contributed by atoms with E-state index in [4.69, 9.17) is 4.74 Å². The molecule has 4 rings (SSSR count). The van der Waals surface area contributed by atoms with Crippen molar-refractivity contribution < 1.29 is 9.53 Å². The molecule has 2 unspecified atom stereocenters. The first-order chi connectivity index (χ1) is 12.1. The molecule has 138 valence electrons. The van der Waals surface area contributed by atoms with Crippen LogP contribution in [0.3, 0.4) is 0 Å². The van der Waals surface area contributed by atoms with Gasteiger partial charge in [-0.15, -0.1) is 0 Å². The smallest absolute Gasteiger partial charge is 0.319 e. The van der Waals surface area contributed by atoms with Gasteiger partial charge in [0, 0.05) is 51.4 Å². The number of piperidine rings is 1. The Morgan fingerprint density at radius 2 is 1.80 bits per heavy atom. The first-order valence-electron chi connectivity index (χ1n) is 9.50. The maximum Gasteiger partial charge on any atom is 0.319 e. The number of carbonyl (C=O) groups excluding carboxylic acids is 1. The molecule has 0 bridgehead atoms. The van der Waals surface area contributed by atoms with Gasteiger partial charge in [0.05, 0.1) is 13.2 Å². The summed E-state index contributed by atoms with van der Waals surface area (Å²) in [5, 5.41) is 0. The molecule has 2 saturated heterocycles. The average Bonchev–Trinajstić information content (AvgIpc) is 3.24. The minimum absolute atomic E-state index is 0.140. The molecule has 2 aliphatic heterocycles. The van der Waals surface area contributed by atoms with Crippen LogP contribution in [0.4, 0.5) is 10.5 Å². The molecule has 0 N–H and O–H groups in total. The van der Waals surface area contributed by atoms with Crippen LogP contribution in [0.15, 0.2) is 24.3 Å². The van der Waals surface area contributed by atoms with Crippen LogP contribution in [0.5, 0.6) is 0 Å². The molecule has 1 aliphatic carbocycles. The second-order valence-electron chi connectivity index (χ2n) is 7.26. The molecule has 1 saturated carbocycles. The number of hydrogen-bond donors (Lipinski definition) is 0. The SMILES string of the molecule is CC.CN(C)C(=O)N1CC2CC2(c2ccc(N3CCOCC3)cc2)C1. The molecule has 3 aliphatic rings. The van der Waals surface area contributed by atoms with E-state index in [1.54, 1.807) is 4.90 Å². The predicted octanol–water partition coefficient (Wildman–Crippen LogP) is 2.80. The molecule has 1 aromatic rings. The summed E-state index contributed by atoms with van der Waals surface area (Å²) in [6.07, 6.45) is 1.22. The number of benzene rings is 1. The highest BCUT2D eigenvalue weighted by Crippen LogP contribution is 2.59. The Hall–Kier alpha value is -1.75. The number of urea groups is 1. The highest BCUT2D eigenvalue weighted by Gasteiger charge is 2.61. The van der Waals surface area contributed by atoms with Gasteiger partial charge in [0.15, 0.2) is 0 Å². The van der Waals surface area contributed by atoms with E-state index < -0.39 is 0 Å². The van der Waals surface area contributed by atoms with Crippen LogP contribution in [0.2, 0.25) is 0 Å². The van der Waals surface area contributed by atoms with E-state index in [9.17, 15) is 4.79 Å². The van der Waals surface area contributed by atoms with Gasteiger partial charge in [0.25, 0.3) is 0 Å². The Kier molecular flexibility index (Phi) is 5.23. The largest absolute Gasteiger partial charge is 0.378 e. The van der Waals surface area contributed by atoms with E-state index >= 15 is 0 Å². The Bertz CT molecular complexity index is 595. The zero-order chi connectivity index (χ0) is 18.0. The standard InChI is InChI=1S/C18H25N3O2.C2H6/c1-19(2)17(22)21-12-15-11-18(15,13-21)14-3-5-16(6-4-14)20-7-9-23-10-8-20;1-2/h3-6,15H,7-13H2,1-2H3;1-2H3. The van der Waals surface area contributed by atoms with Crippen LogP contribution < -0.4 is 4.90 Å². The molecule has 2 atom stereocenters. The summed E-state index contributed by atoms with van der Waals surface area (Å²) in [7, 11) is 3.66. The molecule has 0 aromatic heterocycles. The maximum absolute atomic E-state index is 12.2. The van der Waals surface area contributed by atoms with Crippen molar-refractivity contribution in [1.82, 2.24) is 9.80 Å². The highest BCUT2D eigenvalue weighted by atomic mass is 16.5. The number of morpholine rings is 1. The second-order valence-corrected chi connectivity index (χ2v) is 7.26. The van der Waals surface area contributed by atoms with E-state index in [-0.39, 0.29) is 11.4 Å². The lowest BCUT2D eigenvalue weighted by Gasteiger charge is -2.29. The Morgan fingerprint density at radius 1 is 1.16 bits per heavy atom. The molecule has 2 heterocycles. The number of fused-ring (bicyclic) bond motifs is 1. The molecule has 25 heavy (non-hydrogen) atoms. The van der Waals surface area contributed by atoms with E-state index in [1.165, 1.54) is 17.7 Å². The summed E-state index contributed by atoms with van der Waals surface area (Å²) in [4.78, 5) is 18.2. The lowest BCUT2D eigenvalue weighted by atomic mass is 9.94. The molecule has 5 heteroatoms. The Morgan fingerprint density at radius 3 is 2.40 bits per heavy atom. The van der Waals surface area contributed by atoms with E-state index in [0.29, 0.717) is 5.92 Å². The molecule has 0 radical (unpaired) electrons. The first-order valence-corrected chi connectivity index (χ1v) is 9.50. The number of ether oxygens (including phenoxy) is 1. The topological polar surface area (TPSA) is 36.0 Å². The van der Waals surface area contributed by atoms with Crippen LogP contribution in [0.25, 0.3) is 0 Å². The number of amides is 2. The van der Waals surface area contributed by atoms with Crippen molar-refractivity contribution in [3.05, 3.63) is 29.8 Å². The summed E-state index contributed by atoms with van der Waals surface area (Å²) in [6, 6.07) is 9.16. The summed E-state index contributed by atoms with van der Waals surface area (Å²) in [5.74, 6) is 0.639. The van der Waals surface area contributed by atoms with Crippen LogP contribution in [0, 0.1) is 5.92 Å². The van der Waals surface area contributed by atoms with Crippen molar-refractivity contribution in [3.63, 3.8) is 0 Å². The number of carbonyl (C=O) groups is 1. The quantitative estimate of drug-likeness (QED) is 0.827. The van der Waals surface area contributed by atoms with Gasteiger partial charge >= 0.3 is 6.03 Å². The molecule has 5 nitrogen and oxygen atoms in total. The molecule has 0 spiro atoms. The van der Waals surface area contributed by atoms with E-state index in [2.05, 4.69) is 29.2 Å². The van der Waals surface area contributed by atoms with Gasteiger partial charge in [-0.2, -0.15) is 0 Å². The Balaban J connectivity index is 0.000000880. The van der Waals surface area contributed by atoms with Gasteiger partial charge < -0.3 is 19.4 Å². The van der Waals surface area contributed by atoms with Crippen LogP contribution in [0.1, 0.15) is 25.8 Å². The third-order valence-corrected chi connectivity index (χ3v) is 5.62. The summed E-state index contributed by atoms with van der Waals surface area (Å²) < 4.78 is 5.42. The average molecular weight is 345 g/mol. The monoisotopic (exact) mass is 345 g/mol. The van der Waals surface area contributed by atoms with Gasteiger partial charge in [-0.25, -0.2) is 4.79 Å². The molecule has 3 fully saturated rings. The maximum atomic E-state index is 12.2. The number of likely N-dealkylation sites (tertiary alicyclic amines) is 1. The van der Waals surface area contributed by atoms with Crippen molar-refractivity contribution in [2.75, 3.05) is 58.4 Å². The van der Waals surface area contributed by atoms with Crippen LogP contribution in [-0.2, 0) is 10.2 Å². The number of anilines is 1. The lowest BCUT2D eigenvalue weighted by molar-refractivity contribution is 0.122. The summed E-state index contributed by atoms with van der Waals surface area (Å²) in [6.45, 7) is 9.34. The summed E-state index contributed by atoms with van der Waals surface area (Å²) >= 11 is 0. The zero-order valence-corrected chi connectivity index (χ0v) is 16.0. The summed E-state index contributed by atoms with van der Waals surface area (Å²) in [5.41, 5.74) is 2.90. The second kappa shape index (κ2) is 7.24. The predicted molar refractivity (Wildman–Crippen MR) is 101 cm³/mol. The van der Waals surface area contributed by atoms with Gasteiger partial charge in [0.1, 0.15) is 0 Å². The number of nitrogens with zero attached hydrogens (tertiary/aromatic N) is 3. The van der Waals surface area contributed by atoms with Crippen molar-refractivity contribution in [1.29, 1.82) is 0 Å². The van der Waals surface area contributed by atoms with Gasteiger partial charge in [-0.05, 0) is 30.0 Å². The highest BCUT2D eigenvalue weighted by molar-refractivity contribution is 5.75. The van der Waals surface area contributed by atoms with E-state index in [0.717, 1.165) is 39.4 Å². The fourth-order valence-corrected chi connectivity index (χ4v) is 4.18. The van der Waals surface area contributed by atoms with Crippen molar-refractivity contribution in [2.45, 2.75) is 25.7 Å². The fourth-order valence-electron chi connectivity index (χ4n) is 4.18. The van der Waals surface area contributed by atoms with Crippen molar-refractivity contribution >= 4 is 11.7 Å². The normalized spacial score (nSPS) is 27.3. The number of hydrogen-bond acceptors (Lipinski definition) is 3. The molecular weight excluding hydrogens is 314 g/mol. The molecule has 1 aromatic carbocycles. The van der Waals surface area contributed by atoms with Crippen LogP contribution in [-0.4, -0.2) is 69.3 Å². The third-order valence-electron chi connectivity index (χ3n) is 5.62. The van der Waals surface area contributed by atoms with Gasteiger partial charge in [-0.1, -0.05) is 26.0 Å². The first kappa shape index (κ1) is 18.1. The van der Waals surface area contributed by atoms with Crippen molar-refractivity contribution in [3.8, 4) is 0 Å². The van der Waals surface area contributed by atoms with Gasteiger partial charge in [0.2, 0.25) is 0 Å². The Labute approximate surface area is 151 Å². The minimum Gasteiger partial charge on any atom is -0.378 e. The zero-order valence-electron chi connectivity index (χ0n) is 16.0. The van der Waals surface area contributed by atoms with E-state index in [1.807, 2.05) is 32.8 Å². The fraction of sp³-hybridized carbons (Fsp3) is 0.650. The molecule has 2 amide bonds. The molecular formula is C20H31N3O2. The minimum atomic E-state index is 0.140. The van der Waals surface area contributed by atoms with Crippen molar-refractivity contribution in [2.24, 2.45) is 5.92 Å². The third kappa shape index (κ3) is 3.34. The number of rotatable bonds is 2.